The number of nitrogens with zero attached hydrogens (tertiary/aromatic N) is 1. The van der Waals surface area contributed by atoms with E-state index in [9.17, 15) is 9.59 Å². The standard InChI is InChI=1S/C29H36N2O5/c1-20(22-9-11-24(12-10-22)29(33)35-3)30-28(32)26-6-4-5-23-15-16-31(27(23)26)19-21-7-13-25(14-8-21)36-18-17-34-2/h4-8,13-16,20,22,24H,9-12,17-19H2,1-3H3,(H,30,32). The van der Waals surface area contributed by atoms with E-state index in [1.807, 2.05) is 54.7 Å². The third-order valence-corrected chi connectivity index (χ3v) is 7.24. The van der Waals surface area contributed by atoms with Gasteiger partial charge in [0.2, 0.25) is 0 Å². The van der Waals surface area contributed by atoms with Gasteiger partial charge >= 0.3 is 5.97 Å². The van der Waals surface area contributed by atoms with Crippen molar-refractivity contribution in [3.05, 3.63) is 65.9 Å². The molecule has 0 spiro atoms. The van der Waals surface area contributed by atoms with Gasteiger partial charge in [-0.15, -0.1) is 0 Å². The van der Waals surface area contributed by atoms with Gasteiger partial charge in [-0.05, 0) is 68.4 Å². The van der Waals surface area contributed by atoms with Crippen molar-refractivity contribution >= 4 is 22.8 Å². The molecule has 0 saturated heterocycles. The molecule has 7 nitrogen and oxygen atoms in total. The van der Waals surface area contributed by atoms with E-state index < -0.39 is 0 Å². The highest BCUT2D eigenvalue weighted by molar-refractivity contribution is 6.06. The number of methoxy groups -OCH3 is 2. The molecule has 7 heteroatoms. The topological polar surface area (TPSA) is 78.8 Å². The molecule has 1 unspecified atom stereocenters. The third kappa shape index (κ3) is 6.08. The quantitative estimate of drug-likeness (QED) is 0.325. The highest BCUT2D eigenvalue weighted by Crippen LogP contribution is 2.32. The fourth-order valence-corrected chi connectivity index (χ4v) is 5.13. The number of fused-ring (bicyclic) bond motifs is 1. The molecular formula is C29H36N2O5. The van der Waals surface area contributed by atoms with Gasteiger partial charge in [0, 0.05) is 31.3 Å². The molecular weight excluding hydrogens is 456 g/mol. The van der Waals surface area contributed by atoms with E-state index in [1.54, 1.807) is 7.11 Å². The van der Waals surface area contributed by atoms with E-state index in [4.69, 9.17) is 14.2 Å². The molecule has 0 radical (unpaired) electrons. The zero-order chi connectivity index (χ0) is 25.5. The van der Waals surface area contributed by atoms with Crippen LogP contribution in [0, 0.1) is 11.8 Å². The summed E-state index contributed by atoms with van der Waals surface area (Å²) in [7, 11) is 3.10. The summed E-state index contributed by atoms with van der Waals surface area (Å²) in [5.41, 5.74) is 2.72. The predicted octanol–water partition coefficient (Wildman–Crippen LogP) is 4.81. The summed E-state index contributed by atoms with van der Waals surface area (Å²) in [5.74, 6) is 0.960. The summed E-state index contributed by atoms with van der Waals surface area (Å²) in [6, 6.07) is 15.9. The number of ether oxygens (including phenoxy) is 3. The molecule has 1 saturated carbocycles. The first-order valence-electron chi connectivity index (χ1n) is 12.7. The number of hydrogen-bond donors (Lipinski definition) is 1. The zero-order valence-corrected chi connectivity index (χ0v) is 21.4. The minimum Gasteiger partial charge on any atom is -0.491 e. The maximum atomic E-state index is 13.4. The first kappa shape index (κ1) is 25.8. The molecule has 1 amide bonds. The number of amides is 1. The molecule has 1 fully saturated rings. The van der Waals surface area contributed by atoms with Crippen molar-refractivity contribution in [1.82, 2.24) is 9.88 Å². The zero-order valence-electron chi connectivity index (χ0n) is 21.4. The molecule has 1 aliphatic carbocycles. The lowest BCUT2D eigenvalue weighted by Gasteiger charge is -2.31. The third-order valence-electron chi connectivity index (χ3n) is 7.24. The average Bonchev–Trinajstić information content (AvgIpc) is 3.32. The van der Waals surface area contributed by atoms with Crippen LogP contribution in [0.1, 0.15) is 48.5 Å². The maximum Gasteiger partial charge on any atom is 0.308 e. The number of carbonyl (C=O) groups is 2. The van der Waals surface area contributed by atoms with E-state index in [0.717, 1.165) is 47.9 Å². The first-order chi connectivity index (χ1) is 17.5. The number of aromatic nitrogens is 1. The van der Waals surface area contributed by atoms with Gasteiger partial charge in [-0.25, -0.2) is 0 Å². The van der Waals surface area contributed by atoms with Crippen LogP contribution in [0.25, 0.3) is 10.9 Å². The minimum atomic E-state index is -0.120. The second-order valence-electron chi connectivity index (χ2n) is 9.57. The number of para-hydroxylation sites is 1. The van der Waals surface area contributed by atoms with Gasteiger partial charge in [0.15, 0.2) is 0 Å². The van der Waals surface area contributed by atoms with E-state index in [-0.39, 0.29) is 23.8 Å². The molecule has 1 aliphatic rings. The maximum absolute atomic E-state index is 13.4. The summed E-state index contributed by atoms with van der Waals surface area (Å²) in [4.78, 5) is 25.2. The van der Waals surface area contributed by atoms with Crippen LogP contribution in [-0.2, 0) is 20.8 Å². The Morgan fingerprint density at radius 1 is 1.00 bits per heavy atom. The van der Waals surface area contributed by atoms with Gasteiger partial charge in [0.25, 0.3) is 5.91 Å². The van der Waals surface area contributed by atoms with Crippen molar-refractivity contribution in [1.29, 1.82) is 0 Å². The molecule has 36 heavy (non-hydrogen) atoms. The number of carbonyl (C=O) groups excluding carboxylic acids is 2. The first-order valence-corrected chi connectivity index (χ1v) is 12.7. The largest absolute Gasteiger partial charge is 0.491 e. The smallest absolute Gasteiger partial charge is 0.308 e. The van der Waals surface area contributed by atoms with E-state index >= 15 is 0 Å². The van der Waals surface area contributed by atoms with Gasteiger partial charge in [0.05, 0.1) is 30.7 Å². The number of hydrogen-bond acceptors (Lipinski definition) is 5. The van der Waals surface area contributed by atoms with Crippen LogP contribution >= 0.6 is 0 Å². The molecule has 0 aliphatic heterocycles. The number of benzene rings is 2. The van der Waals surface area contributed by atoms with Crippen LogP contribution in [0.5, 0.6) is 5.75 Å². The van der Waals surface area contributed by atoms with Crippen molar-refractivity contribution in [3.8, 4) is 5.75 Å². The molecule has 1 atom stereocenters. The van der Waals surface area contributed by atoms with Crippen LogP contribution in [0.15, 0.2) is 54.7 Å². The number of nitrogens with one attached hydrogen (secondary N) is 1. The Bertz CT molecular complexity index is 1160. The lowest BCUT2D eigenvalue weighted by Crippen LogP contribution is -2.40. The molecule has 192 valence electrons. The lowest BCUT2D eigenvalue weighted by molar-refractivity contribution is -0.146. The summed E-state index contributed by atoms with van der Waals surface area (Å²) in [5, 5.41) is 4.27. The molecule has 3 aromatic rings. The summed E-state index contributed by atoms with van der Waals surface area (Å²) in [6.45, 7) is 3.78. The van der Waals surface area contributed by atoms with Crippen molar-refractivity contribution in [2.75, 3.05) is 27.4 Å². The van der Waals surface area contributed by atoms with Gasteiger partial charge in [-0.1, -0.05) is 24.3 Å². The molecule has 1 aromatic heterocycles. The van der Waals surface area contributed by atoms with Crippen molar-refractivity contribution in [2.45, 2.75) is 45.2 Å². The Balaban J connectivity index is 1.43. The SMILES string of the molecule is COCCOc1ccc(Cn2ccc3cccc(C(=O)NC(C)C4CCC(C(=O)OC)CC4)c32)cc1. The van der Waals surface area contributed by atoms with Gasteiger partial charge in [0.1, 0.15) is 12.4 Å². The van der Waals surface area contributed by atoms with Gasteiger partial charge in [-0.2, -0.15) is 0 Å². The highest BCUT2D eigenvalue weighted by atomic mass is 16.5. The minimum absolute atomic E-state index is 0.0165. The Labute approximate surface area is 212 Å². The average molecular weight is 493 g/mol. The van der Waals surface area contributed by atoms with Crippen LogP contribution in [0.4, 0.5) is 0 Å². The Hall–Kier alpha value is -3.32. The molecule has 1 heterocycles. The summed E-state index contributed by atoms with van der Waals surface area (Å²) < 4.78 is 17.7. The second kappa shape index (κ2) is 12.1. The Kier molecular flexibility index (Phi) is 8.65. The van der Waals surface area contributed by atoms with Crippen LogP contribution < -0.4 is 10.1 Å². The summed E-state index contributed by atoms with van der Waals surface area (Å²) >= 11 is 0. The summed E-state index contributed by atoms with van der Waals surface area (Å²) in [6.07, 6.45) is 5.47. The Morgan fingerprint density at radius 3 is 2.44 bits per heavy atom. The van der Waals surface area contributed by atoms with E-state index in [1.165, 1.54) is 7.11 Å². The normalized spacial score (nSPS) is 18.5. The molecule has 1 N–H and O–H groups in total. The van der Waals surface area contributed by atoms with Crippen LogP contribution in [0.3, 0.4) is 0 Å². The van der Waals surface area contributed by atoms with E-state index in [0.29, 0.717) is 31.2 Å². The number of esters is 1. The van der Waals surface area contributed by atoms with Gasteiger partial charge < -0.3 is 24.1 Å². The highest BCUT2D eigenvalue weighted by Gasteiger charge is 2.30. The van der Waals surface area contributed by atoms with Crippen LogP contribution in [0.2, 0.25) is 0 Å². The van der Waals surface area contributed by atoms with Crippen molar-refractivity contribution < 1.29 is 23.8 Å². The van der Waals surface area contributed by atoms with Gasteiger partial charge in [-0.3, -0.25) is 9.59 Å². The van der Waals surface area contributed by atoms with Crippen molar-refractivity contribution in [3.63, 3.8) is 0 Å². The molecule has 2 aromatic carbocycles. The monoisotopic (exact) mass is 492 g/mol. The van der Waals surface area contributed by atoms with E-state index in [2.05, 4.69) is 16.8 Å². The van der Waals surface area contributed by atoms with Crippen molar-refractivity contribution in [2.24, 2.45) is 11.8 Å². The lowest BCUT2D eigenvalue weighted by atomic mass is 9.79. The number of rotatable bonds is 10. The fraction of sp³-hybridized carbons (Fsp3) is 0.448. The second-order valence-corrected chi connectivity index (χ2v) is 9.57. The molecule has 4 rings (SSSR count). The fourth-order valence-electron chi connectivity index (χ4n) is 5.13. The van der Waals surface area contributed by atoms with Crippen LogP contribution in [-0.4, -0.2) is 49.9 Å². The Morgan fingerprint density at radius 2 is 1.75 bits per heavy atom. The predicted molar refractivity (Wildman–Crippen MR) is 139 cm³/mol. The molecule has 0 bridgehead atoms.